The maximum absolute atomic E-state index is 12.6. The Hall–Kier alpha value is -2.76. The van der Waals surface area contributed by atoms with Crippen molar-refractivity contribution in [3.05, 3.63) is 65.9 Å². The van der Waals surface area contributed by atoms with Gasteiger partial charge < -0.3 is 4.74 Å². The van der Waals surface area contributed by atoms with Crippen molar-refractivity contribution >= 4 is 16.8 Å². The maximum Gasteiger partial charge on any atom is 0.416 e. The summed E-state index contributed by atoms with van der Waals surface area (Å²) in [4.78, 5) is 12.5. The van der Waals surface area contributed by atoms with E-state index in [1.165, 1.54) is 16.7 Å². The van der Waals surface area contributed by atoms with E-state index in [0.717, 1.165) is 17.5 Å². The lowest BCUT2D eigenvalue weighted by Gasteiger charge is -2.08. The molecule has 3 aromatic rings. The Bertz CT molecular complexity index is 864. The van der Waals surface area contributed by atoms with Crippen LogP contribution in [-0.4, -0.2) is 17.6 Å². The van der Waals surface area contributed by atoms with Crippen LogP contribution in [0.5, 0.6) is 5.75 Å². The molecular weight excluding hydrogens is 307 g/mol. The van der Waals surface area contributed by atoms with Crippen LogP contribution in [0, 0.1) is 0 Å². The molecule has 2 aromatic carbocycles. The molecule has 0 saturated heterocycles. The van der Waals surface area contributed by atoms with Crippen LogP contribution in [0.15, 0.2) is 54.7 Å². The van der Waals surface area contributed by atoms with Crippen molar-refractivity contribution in [3.63, 3.8) is 0 Å². The summed E-state index contributed by atoms with van der Waals surface area (Å²) < 4.78 is 44.2. The quantitative estimate of drug-likeness (QED) is 0.703. The van der Waals surface area contributed by atoms with Gasteiger partial charge in [-0.1, -0.05) is 0 Å². The first kappa shape index (κ1) is 15.1. The number of hydrogen-bond donors (Lipinski definition) is 0. The molecule has 3 rings (SSSR count). The lowest BCUT2D eigenvalue weighted by molar-refractivity contribution is -0.137. The lowest BCUT2D eigenvalue weighted by atomic mass is 10.1. The van der Waals surface area contributed by atoms with Crippen molar-refractivity contribution in [3.8, 4) is 5.75 Å². The molecule has 0 aliphatic rings. The minimum Gasteiger partial charge on any atom is -0.497 e. The monoisotopic (exact) mass is 319 g/mol. The Morgan fingerprint density at radius 3 is 2.35 bits per heavy atom. The van der Waals surface area contributed by atoms with E-state index in [0.29, 0.717) is 11.3 Å². The van der Waals surface area contributed by atoms with Gasteiger partial charge in [0.1, 0.15) is 5.75 Å². The Morgan fingerprint density at radius 2 is 1.74 bits per heavy atom. The number of benzene rings is 2. The number of fused-ring (bicyclic) bond motifs is 1. The summed E-state index contributed by atoms with van der Waals surface area (Å²) in [5.41, 5.74) is 0.0677. The normalized spacial score (nSPS) is 11.7. The van der Waals surface area contributed by atoms with Crippen LogP contribution in [0.2, 0.25) is 0 Å². The smallest absolute Gasteiger partial charge is 0.416 e. The van der Waals surface area contributed by atoms with Gasteiger partial charge in [-0.25, -0.2) is 0 Å². The van der Waals surface area contributed by atoms with Crippen molar-refractivity contribution in [1.82, 2.24) is 4.57 Å². The molecule has 1 heterocycles. The molecule has 0 fully saturated rings. The SMILES string of the molecule is COc1ccc2c(ccn2C(=O)c2ccc(C(F)(F)F)cc2)c1. The molecule has 0 spiro atoms. The average Bonchev–Trinajstić information content (AvgIpc) is 2.96. The minimum absolute atomic E-state index is 0.186. The lowest BCUT2D eigenvalue weighted by Crippen LogP contribution is -2.11. The van der Waals surface area contributed by atoms with Crippen LogP contribution < -0.4 is 4.74 Å². The number of nitrogens with zero attached hydrogens (tertiary/aromatic N) is 1. The zero-order valence-electron chi connectivity index (χ0n) is 12.1. The Morgan fingerprint density at radius 1 is 1.04 bits per heavy atom. The first-order valence-electron chi connectivity index (χ1n) is 6.77. The fourth-order valence-electron chi connectivity index (χ4n) is 2.37. The number of ether oxygens (including phenoxy) is 1. The number of carbonyl (C=O) groups is 1. The number of alkyl halides is 3. The van der Waals surface area contributed by atoms with E-state index < -0.39 is 11.7 Å². The number of hydrogen-bond acceptors (Lipinski definition) is 2. The minimum atomic E-state index is -4.42. The number of rotatable bonds is 2. The van der Waals surface area contributed by atoms with Crippen LogP contribution in [-0.2, 0) is 6.18 Å². The second-order valence-electron chi connectivity index (χ2n) is 4.99. The van der Waals surface area contributed by atoms with E-state index in [4.69, 9.17) is 4.74 Å². The number of halogens is 3. The third-order valence-corrected chi connectivity index (χ3v) is 3.58. The molecule has 23 heavy (non-hydrogen) atoms. The highest BCUT2D eigenvalue weighted by molar-refractivity contribution is 6.02. The van der Waals surface area contributed by atoms with Crippen molar-refractivity contribution < 1.29 is 22.7 Å². The van der Waals surface area contributed by atoms with E-state index >= 15 is 0 Å². The summed E-state index contributed by atoms with van der Waals surface area (Å²) in [6.45, 7) is 0. The second kappa shape index (κ2) is 5.46. The number of carbonyl (C=O) groups excluding carboxylic acids is 1. The van der Waals surface area contributed by atoms with Gasteiger partial charge in [0.25, 0.3) is 5.91 Å². The van der Waals surface area contributed by atoms with Crippen LogP contribution >= 0.6 is 0 Å². The van der Waals surface area contributed by atoms with Gasteiger partial charge in [0.05, 0.1) is 18.2 Å². The van der Waals surface area contributed by atoms with Gasteiger partial charge in [-0.05, 0) is 48.5 Å². The third kappa shape index (κ3) is 2.79. The predicted molar refractivity (Wildman–Crippen MR) is 79.7 cm³/mol. The van der Waals surface area contributed by atoms with E-state index in [1.807, 2.05) is 0 Å². The van der Waals surface area contributed by atoms with Crippen molar-refractivity contribution in [2.45, 2.75) is 6.18 Å². The topological polar surface area (TPSA) is 31.2 Å². The second-order valence-corrected chi connectivity index (χ2v) is 4.99. The first-order valence-corrected chi connectivity index (χ1v) is 6.77. The summed E-state index contributed by atoms with van der Waals surface area (Å²) in [5, 5.41) is 0.810. The van der Waals surface area contributed by atoms with Crippen LogP contribution in [0.4, 0.5) is 13.2 Å². The standard InChI is InChI=1S/C17H12F3NO2/c1-23-14-6-7-15-12(10-14)8-9-21(15)16(22)11-2-4-13(5-3-11)17(18,19)20/h2-10H,1H3. The average molecular weight is 319 g/mol. The summed E-state index contributed by atoms with van der Waals surface area (Å²) in [6.07, 6.45) is -2.83. The molecule has 0 amide bonds. The molecule has 0 aliphatic carbocycles. The zero-order valence-corrected chi connectivity index (χ0v) is 12.1. The summed E-state index contributed by atoms with van der Waals surface area (Å²) in [5.74, 6) is 0.274. The van der Waals surface area contributed by atoms with Crippen molar-refractivity contribution in [2.24, 2.45) is 0 Å². The van der Waals surface area contributed by atoms with Gasteiger partial charge in [0, 0.05) is 17.1 Å². The molecule has 0 N–H and O–H groups in total. The van der Waals surface area contributed by atoms with E-state index in [-0.39, 0.29) is 11.5 Å². The molecule has 0 unspecified atom stereocenters. The van der Waals surface area contributed by atoms with Crippen LogP contribution in [0.3, 0.4) is 0 Å². The van der Waals surface area contributed by atoms with Gasteiger partial charge in [-0.15, -0.1) is 0 Å². The van der Waals surface area contributed by atoms with Gasteiger partial charge in [0.2, 0.25) is 0 Å². The summed E-state index contributed by atoms with van der Waals surface area (Å²) in [7, 11) is 1.55. The summed E-state index contributed by atoms with van der Waals surface area (Å²) >= 11 is 0. The molecule has 6 heteroatoms. The van der Waals surface area contributed by atoms with Crippen molar-refractivity contribution in [1.29, 1.82) is 0 Å². The van der Waals surface area contributed by atoms with E-state index in [1.54, 1.807) is 37.6 Å². The molecule has 0 saturated carbocycles. The molecular formula is C17H12F3NO2. The first-order chi connectivity index (χ1) is 10.9. The summed E-state index contributed by atoms with van der Waals surface area (Å²) in [6, 6.07) is 11.2. The Balaban J connectivity index is 1.97. The molecule has 0 atom stereocenters. The number of methoxy groups -OCH3 is 1. The molecule has 3 nitrogen and oxygen atoms in total. The highest BCUT2D eigenvalue weighted by Gasteiger charge is 2.30. The van der Waals surface area contributed by atoms with Crippen LogP contribution in [0.1, 0.15) is 15.9 Å². The van der Waals surface area contributed by atoms with Crippen LogP contribution in [0.25, 0.3) is 10.9 Å². The molecule has 0 bridgehead atoms. The highest BCUT2D eigenvalue weighted by Crippen LogP contribution is 2.29. The van der Waals surface area contributed by atoms with Gasteiger partial charge in [-0.2, -0.15) is 13.2 Å². The molecule has 0 aliphatic heterocycles. The highest BCUT2D eigenvalue weighted by atomic mass is 19.4. The predicted octanol–water partition coefficient (Wildman–Crippen LogP) is 4.36. The maximum atomic E-state index is 12.6. The largest absolute Gasteiger partial charge is 0.497 e. The molecule has 1 aromatic heterocycles. The Kier molecular flexibility index (Phi) is 3.60. The fraction of sp³-hybridized carbons (Fsp3) is 0.118. The van der Waals surface area contributed by atoms with E-state index in [9.17, 15) is 18.0 Å². The van der Waals surface area contributed by atoms with E-state index in [2.05, 4.69) is 0 Å². The fourth-order valence-corrected chi connectivity index (χ4v) is 2.37. The van der Waals surface area contributed by atoms with Gasteiger partial charge in [0.15, 0.2) is 0 Å². The van der Waals surface area contributed by atoms with Crippen molar-refractivity contribution in [2.75, 3.05) is 7.11 Å². The molecule has 0 radical (unpaired) electrons. The molecule has 118 valence electrons. The van der Waals surface area contributed by atoms with Gasteiger partial charge >= 0.3 is 6.18 Å². The third-order valence-electron chi connectivity index (χ3n) is 3.58. The van der Waals surface area contributed by atoms with Gasteiger partial charge in [-0.3, -0.25) is 9.36 Å². The Labute approximate surface area is 129 Å². The number of aromatic nitrogens is 1. The zero-order chi connectivity index (χ0) is 16.6.